The van der Waals surface area contributed by atoms with Crippen LogP contribution in [0.25, 0.3) is 5.70 Å². The molecule has 1 aromatic carbocycles. The molecule has 0 saturated heterocycles. The molecule has 2 rings (SSSR count). The number of hydrogen-bond donors (Lipinski definition) is 0. The molecule has 0 heterocycles. The maximum atomic E-state index is 13.6. The second kappa shape index (κ2) is 8.81. The van der Waals surface area contributed by atoms with Gasteiger partial charge in [0.1, 0.15) is 5.82 Å². The fraction of sp³-hybridized carbons (Fsp3) is 0.476. The summed E-state index contributed by atoms with van der Waals surface area (Å²) in [7, 11) is 0. The summed E-state index contributed by atoms with van der Waals surface area (Å²) in [5, 5.41) is 0. The first-order chi connectivity index (χ1) is 11.2. The highest BCUT2D eigenvalue weighted by molar-refractivity contribution is 5.85. The van der Waals surface area contributed by atoms with E-state index in [1.165, 1.54) is 30.9 Å². The van der Waals surface area contributed by atoms with Crippen LogP contribution in [-0.4, -0.2) is 6.21 Å². The van der Waals surface area contributed by atoms with Crippen molar-refractivity contribution < 1.29 is 4.39 Å². The van der Waals surface area contributed by atoms with Gasteiger partial charge in [0.25, 0.3) is 0 Å². The number of hydrogen-bond acceptors (Lipinski definition) is 1. The quantitative estimate of drug-likeness (QED) is 0.376. The van der Waals surface area contributed by atoms with Crippen LogP contribution in [0.2, 0.25) is 0 Å². The summed E-state index contributed by atoms with van der Waals surface area (Å²) in [6.07, 6.45) is 13.2. The Hall–Kier alpha value is -1.70. The molecule has 1 aliphatic rings. The molecule has 0 radical (unpaired) electrons. The zero-order valence-electron chi connectivity index (χ0n) is 14.6. The van der Waals surface area contributed by atoms with E-state index in [1.54, 1.807) is 6.07 Å². The third-order valence-electron chi connectivity index (χ3n) is 4.39. The highest BCUT2D eigenvalue weighted by Crippen LogP contribution is 2.43. The van der Waals surface area contributed by atoms with Gasteiger partial charge in [-0.3, -0.25) is 4.99 Å². The maximum Gasteiger partial charge on any atom is 0.123 e. The summed E-state index contributed by atoms with van der Waals surface area (Å²) >= 11 is 0. The van der Waals surface area contributed by atoms with Crippen molar-refractivity contribution in [3.05, 3.63) is 52.9 Å². The van der Waals surface area contributed by atoms with Gasteiger partial charge in [0.15, 0.2) is 0 Å². The van der Waals surface area contributed by atoms with Crippen LogP contribution in [0.1, 0.15) is 76.3 Å². The number of rotatable bonds is 8. The van der Waals surface area contributed by atoms with Gasteiger partial charge in [-0.15, -0.1) is 0 Å². The van der Waals surface area contributed by atoms with E-state index in [-0.39, 0.29) is 5.82 Å². The summed E-state index contributed by atoms with van der Waals surface area (Å²) in [5.74, 6) is 0.361. The van der Waals surface area contributed by atoms with Gasteiger partial charge in [-0.2, -0.15) is 0 Å². The van der Waals surface area contributed by atoms with Crippen LogP contribution >= 0.6 is 0 Å². The Balaban J connectivity index is 2.16. The fourth-order valence-corrected chi connectivity index (χ4v) is 2.81. The highest BCUT2D eigenvalue weighted by Gasteiger charge is 2.27. The first-order valence-electron chi connectivity index (χ1n) is 8.85. The Bertz CT molecular complexity index is 606. The molecule has 0 aliphatic heterocycles. The first-order valence-corrected chi connectivity index (χ1v) is 8.85. The van der Waals surface area contributed by atoms with Crippen LogP contribution in [0.5, 0.6) is 0 Å². The molecule has 1 nitrogen and oxygen atoms in total. The molecule has 2 heteroatoms. The molecule has 124 valence electrons. The molecule has 0 bridgehead atoms. The Labute approximate surface area is 140 Å². The maximum absolute atomic E-state index is 13.6. The third kappa shape index (κ3) is 5.16. The van der Waals surface area contributed by atoms with Crippen LogP contribution in [0.15, 0.2) is 40.9 Å². The van der Waals surface area contributed by atoms with Crippen LogP contribution in [0, 0.1) is 5.82 Å². The summed E-state index contributed by atoms with van der Waals surface area (Å²) in [6, 6.07) is 5.10. The molecule has 1 aliphatic carbocycles. The molecule has 1 saturated carbocycles. The predicted octanol–water partition coefficient (Wildman–Crippen LogP) is 6.66. The summed E-state index contributed by atoms with van der Waals surface area (Å²) in [5.41, 5.74) is 4.41. The lowest BCUT2D eigenvalue weighted by Gasteiger charge is -2.10. The minimum atomic E-state index is -0.149. The van der Waals surface area contributed by atoms with Gasteiger partial charge in [-0.05, 0) is 74.8 Å². The van der Waals surface area contributed by atoms with E-state index < -0.39 is 0 Å². The van der Waals surface area contributed by atoms with Crippen molar-refractivity contribution in [2.75, 3.05) is 0 Å². The van der Waals surface area contributed by atoms with Gasteiger partial charge in [-0.1, -0.05) is 31.9 Å². The first kappa shape index (κ1) is 17.7. The van der Waals surface area contributed by atoms with Crippen molar-refractivity contribution in [3.8, 4) is 0 Å². The van der Waals surface area contributed by atoms with Crippen molar-refractivity contribution >= 4 is 11.9 Å². The average Bonchev–Trinajstić information content (AvgIpc) is 3.39. The number of benzene rings is 1. The second-order valence-electron chi connectivity index (χ2n) is 6.26. The Morgan fingerprint density at radius 2 is 2.00 bits per heavy atom. The summed E-state index contributed by atoms with van der Waals surface area (Å²) < 4.78 is 13.6. The molecule has 0 aromatic heterocycles. The highest BCUT2D eigenvalue weighted by atomic mass is 19.1. The van der Waals surface area contributed by atoms with Crippen molar-refractivity contribution in [3.63, 3.8) is 0 Å². The molecule has 0 spiro atoms. The van der Waals surface area contributed by atoms with Crippen LogP contribution < -0.4 is 0 Å². The van der Waals surface area contributed by atoms with Gasteiger partial charge >= 0.3 is 0 Å². The second-order valence-corrected chi connectivity index (χ2v) is 6.26. The standard InChI is InChI=1S/C21H28FN/c1-4-7-8-9-16(5-2)15-23-21(6-3)19-13-12-18(22)14-20(19)17-10-11-17/h5-6,12-15,17H,4,7-11H2,1-3H3/b16-5-,21-6-,23-15-. The largest absolute Gasteiger partial charge is 0.256 e. The lowest BCUT2D eigenvalue weighted by Crippen LogP contribution is -1.94. The van der Waals surface area contributed by atoms with Crippen LogP contribution in [-0.2, 0) is 0 Å². The summed E-state index contributed by atoms with van der Waals surface area (Å²) in [6.45, 7) is 6.28. The molecule has 23 heavy (non-hydrogen) atoms. The van der Waals surface area contributed by atoms with Gasteiger partial charge in [0, 0.05) is 11.8 Å². The number of unbranched alkanes of at least 4 members (excludes halogenated alkanes) is 2. The smallest absolute Gasteiger partial charge is 0.123 e. The molecule has 0 amide bonds. The van der Waals surface area contributed by atoms with E-state index in [1.807, 2.05) is 25.3 Å². The van der Waals surface area contributed by atoms with Crippen molar-refractivity contribution in [1.82, 2.24) is 0 Å². The Kier molecular flexibility index (Phi) is 6.76. The lowest BCUT2D eigenvalue weighted by atomic mass is 10.00. The molecule has 0 unspecified atom stereocenters. The zero-order valence-corrected chi connectivity index (χ0v) is 14.6. The third-order valence-corrected chi connectivity index (χ3v) is 4.39. The van der Waals surface area contributed by atoms with Crippen molar-refractivity contribution in [2.24, 2.45) is 4.99 Å². The topological polar surface area (TPSA) is 12.4 Å². The average molecular weight is 313 g/mol. The van der Waals surface area contributed by atoms with Crippen molar-refractivity contribution in [2.45, 2.75) is 65.2 Å². The monoisotopic (exact) mass is 313 g/mol. The number of halogens is 1. The summed E-state index contributed by atoms with van der Waals surface area (Å²) in [4.78, 5) is 4.71. The molecule has 0 N–H and O–H groups in total. The van der Waals surface area contributed by atoms with Crippen molar-refractivity contribution in [1.29, 1.82) is 0 Å². The molecular weight excluding hydrogens is 285 g/mol. The Morgan fingerprint density at radius 3 is 2.61 bits per heavy atom. The SMILES string of the molecule is C\C=C(/C=N\C(=C/C)c1ccc(F)cc1C1CC1)CCCCC. The van der Waals surface area contributed by atoms with E-state index in [9.17, 15) is 4.39 Å². The van der Waals surface area contributed by atoms with Crippen LogP contribution in [0.4, 0.5) is 4.39 Å². The molecule has 1 aromatic rings. The molecular formula is C21H28FN. The van der Waals surface area contributed by atoms with E-state index in [4.69, 9.17) is 4.99 Å². The minimum absolute atomic E-state index is 0.149. The molecule has 1 fully saturated rings. The number of nitrogens with zero attached hydrogens (tertiary/aromatic N) is 1. The van der Waals surface area contributed by atoms with Gasteiger partial charge in [0.2, 0.25) is 0 Å². The van der Waals surface area contributed by atoms with E-state index in [0.29, 0.717) is 5.92 Å². The normalized spacial score (nSPS) is 16.3. The molecule has 0 atom stereocenters. The predicted molar refractivity (Wildman–Crippen MR) is 98.4 cm³/mol. The zero-order chi connectivity index (χ0) is 16.7. The van der Waals surface area contributed by atoms with Gasteiger partial charge < -0.3 is 0 Å². The number of allylic oxidation sites excluding steroid dienone is 3. The Morgan fingerprint density at radius 1 is 1.22 bits per heavy atom. The van der Waals surface area contributed by atoms with E-state index in [2.05, 4.69) is 19.9 Å². The van der Waals surface area contributed by atoms with E-state index >= 15 is 0 Å². The number of aliphatic imine (C=N–C) groups is 1. The van der Waals surface area contributed by atoms with E-state index in [0.717, 1.165) is 36.1 Å². The fourth-order valence-electron chi connectivity index (χ4n) is 2.81. The lowest BCUT2D eigenvalue weighted by molar-refractivity contribution is 0.625. The minimum Gasteiger partial charge on any atom is -0.256 e. The van der Waals surface area contributed by atoms with Gasteiger partial charge in [0.05, 0.1) is 5.70 Å². The van der Waals surface area contributed by atoms with Crippen LogP contribution in [0.3, 0.4) is 0 Å². The van der Waals surface area contributed by atoms with Gasteiger partial charge in [-0.25, -0.2) is 4.39 Å².